The van der Waals surface area contributed by atoms with Gasteiger partial charge in [-0.2, -0.15) is 0 Å². The Bertz CT molecular complexity index is 587. The number of benzene rings is 1. The molecule has 1 aliphatic heterocycles. The largest absolute Gasteiger partial charge is 0.391 e. The minimum absolute atomic E-state index is 0.272. The van der Waals surface area contributed by atoms with Crippen LogP contribution in [0, 0.1) is 0 Å². The summed E-state index contributed by atoms with van der Waals surface area (Å²) in [5.74, 6) is 1.60. The Morgan fingerprint density at radius 2 is 2.00 bits per heavy atom. The third-order valence-electron chi connectivity index (χ3n) is 3.48. The number of aliphatic hydroxyl groups excluding tert-OH is 1. The number of rotatable bonds is 2. The highest BCUT2D eigenvalue weighted by Crippen LogP contribution is 2.27. The van der Waals surface area contributed by atoms with E-state index in [4.69, 9.17) is 4.98 Å². The van der Waals surface area contributed by atoms with Crippen molar-refractivity contribution in [1.82, 2.24) is 9.97 Å². The van der Waals surface area contributed by atoms with E-state index in [0.717, 1.165) is 42.1 Å². The fraction of sp³-hybridized carbons (Fsp3) is 0.429. The van der Waals surface area contributed by atoms with E-state index in [1.165, 1.54) is 0 Å². The van der Waals surface area contributed by atoms with Gasteiger partial charge in [0.15, 0.2) is 11.6 Å². The summed E-state index contributed by atoms with van der Waals surface area (Å²) in [6.07, 6.45) is 1.58. The van der Waals surface area contributed by atoms with Crippen molar-refractivity contribution >= 4 is 22.7 Å². The Labute approximate surface area is 112 Å². The zero-order valence-corrected chi connectivity index (χ0v) is 11.0. The minimum Gasteiger partial charge on any atom is -0.391 e. The number of nitrogens with zero attached hydrogens (tertiary/aromatic N) is 3. The predicted molar refractivity (Wildman–Crippen MR) is 76.5 cm³/mol. The molecule has 0 radical (unpaired) electrons. The van der Waals surface area contributed by atoms with Gasteiger partial charge in [-0.15, -0.1) is 0 Å². The molecule has 0 spiro atoms. The lowest BCUT2D eigenvalue weighted by atomic mass is 10.1. The summed E-state index contributed by atoms with van der Waals surface area (Å²) in [5.41, 5.74) is 1.77. The van der Waals surface area contributed by atoms with Gasteiger partial charge in [-0.3, -0.25) is 0 Å². The number of β-amino-alcohol motifs (C(OH)–C–C–N with tert-alkyl or cyclic N) is 1. The Balaban J connectivity index is 2.05. The second-order valence-corrected chi connectivity index (χ2v) is 4.88. The molecule has 0 bridgehead atoms. The van der Waals surface area contributed by atoms with Crippen molar-refractivity contribution in [1.29, 1.82) is 0 Å². The lowest BCUT2D eigenvalue weighted by Gasteiger charge is -2.31. The molecule has 0 saturated carbocycles. The van der Waals surface area contributed by atoms with E-state index in [9.17, 15) is 5.11 Å². The number of hydrogen-bond acceptors (Lipinski definition) is 5. The molecule has 1 aromatic carbocycles. The van der Waals surface area contributed by atoms with Crippen LogP contribution in [-0.4, -0.2) is 41.3 Å². The average molecular weight is 258 g/mol. The van der Waals surface area contributed by atoms with Gasteiger partial charge < -0.3 is 15.3 Å². The van der Waals surface area contributed by atoms with Gasteiger partial charge in [0.2, 0.25) is 0 Å². The maximum absolute atomic E-state index is 9.81. The van der Waals surface area contributed by atoms with Crippen LogP contribution in [0.15, 0.2) is 24.3 Å². The number of aromatic nitrogens is 2. The molecule has 1 aromatic heterocycles. The van der Waals surface area contributed by atoms with E-state index < -0.39 is 0 Å². The van der Waals surface area contributed by atoms with Crippen molar-refractivity contribution in [2.24, 2.45) is 0 Å². The smallest absolute Gasteiger partial charge is 0.172 e. The number of nitrogens with one attached hydrogen (secondary N) is 1. The quantitative estimate of drug-likeness (QED) is 0.857. The SMILES string of the molecule is CNc1nc2ccccc2nc1N1CCC[C@@H](O)C1. The molecule has 1 fully saturated rings. The fourth-order valence-electron chi connectivity index (χ4n) is 2.53. The van der Waals surface area contributed by atoms with Crippen molar-refractivity contribution in [3.63, 3.8) is 0 Å². The molecule has 19 heavy (non-hydrogen) atoms. The summed E-state index contributed by atoms with van der Waals surface area (Å²) in [5, 5.41) is 12.9. The first-order valence-corrected chi connectivity index (χ1v) is 6.65. The Kier molecular flexibility index (Phi) is 3.21. The fourth-order valence-corrected chi connectivity index (χ4v) is 2.53. The molecule has 5 nitrogen and oxygen atoms in total. The second-order valence-electron chi connectivity index (χ2n) is 4.88. The van der Waals surface area contributed by atoms with Crippen molar-refractivity contribution in [2.45, 2.75) is 18.9 Å². The molecular weight excluding hydrogens is 240 g/mol. The molecule has 100 valence electrons. The van der Waals surface area contributed by atoms with Gasteiger partial charge in [-0.1, -0.05) is 12.1 Å². The molecular formula is C14H18N4O. The van der Waals surface area contributed by atoms with Crippen molar-refractivity contribution < 1.29 is 5.11 Å². The number of piperidine rings is 1. The first kappa shape index (κ1) is 12.2. The van der Waals surface area contributed by atoms with Gasteiger partial charge in [0.25, 0.3) is 0 Å². The summed E-state index contributed by atoms with van der Waals surface area (Å²) in [7, 11) is 1.85. The molecule has 1 atom stereocenters. The molecule has 0 aliphatic carbocycles. The molecule has 2 aromatic rings. The molecule has 5 heteroatoms. The number of para-hydroxylation sites is 2. The summed E-state index contributed by atoms with van der Waals surface area (Å²) in [6.45, 7) is 1.54. The number of fused-ring (bicyclic) bond motifs is 1. The van der Waals surface area contributed by atoms with Crippen LogP contribution in [0.1, 0.15) is 12.8 Å². The zero-order valence-electron chi connectivity index (χ0n) is 11.0. The van der Waals surface area contributed by atoms with Gasteiger partial charge in [0.1, 0.15) is 0 Å². The number of anilines is 2. The zero-order chi connectivity index (χ0) is 13.2. The topological polar surface area (TPSA) is 61.3 Å². The van der Waals surface area contributed by atoms with E-state index in [1.54, 1.807) is 0 Å². The van der Waals surface area contributed by atoms with Crippen LogP contribution in [0.3, 0.4) is 0 Å². The maximum atomic E-state index is 9.81. The molecule has 2 N–H and O–H groups in total. The van der Waals surface area contributed by atoms with Gasteiger partial charge in [-0.25, -0.2) is 9.97 Å². The Morgan fingerprint density at radius 1 is 1.26 bits per heavy atom. The molecule has 2 heterocycles. The van der Waals surface area contributed by atoms with Crippen molar-refractivity contribution in [2.75, 3.05) is 30.4 Å². The van der Waals surface area contributed by atoms with Crippen LogP contribution in [0.5, 0.6) is 0 Å². The van der Waals surface area contributed by atoms with Crippen LogP contribution in [0.25, 0.3) is 11.0 Å². The summed E-state index contributed by atoms with van der Waals surface area (Å²) in [4.78, 5) is 11.4. The average Bonchev–Trinajstić information content (AvgIpc) is 2.46. The maximum Gasteiger partial charge on any atom is 0.172 e. The standard InChI is InChI=1S/C14H18N4O/c1-15-13-14(18-8-4-5-10(19)9-18)17-12-7-3-2-6-11(12)16-13/h2-3,6-7,10,19H,4-5,8-9H2,1H3,(H,15,16)/t10-/m1/s1. The Hall–Kier alpha value is -1.88. The van der Waals surface area contributed by atoms with E-state index in [1.807, 2.05) is 31.3 Å². The van der Waals surface area contributed by atoms with E-state index in [0.29, 0.717) is 6.54 Å². The molecule has 0 amide bonds. The first-order chi connectivity index (χ1) is 9.28. The van der Waals surface area contributed by atoms with Crippen molar-refractivity contribution in [3.05, 3.63) is 24.3 Å². The normalized spacial score (nSPS) is 19.7. The van der Waals surface area contributed by atoms with Crippen LogP contribution < -0.4 is 10.2 Å². The van der Waals surface area contributed by atoms with Gasteiger partial charge in [0, 0.05) is 20.1 Å². The molecule has 1 aliphatic rings. The van der Waals surface area contributed by atoms with Crippen LogP contribution >= 0.6 is 0 Å². The van der Waals surface area contributed by atoms with Gasteiger partial charge in [-0.05, 0) is 25.0 Å². The highest BCUT2D eigenvalue weighted by molar-refractivity contribution is 5.80. The predicted octanol–water partition coefficient (Wildman–Crippen LogP) is 1.63. The highest BCUT2D eigenvalue weighted by atomic mass is 16.3. The van der Waals surface area contributed by atoms with Crippen LogP contribution in [0.4, 0.5) is 11.6 Å². The monoisotopic (exact) mass is 258 g/mol. The minimum atomic E-state index is -0.272. The molecule has 1 saturated heterocycles. The summed E-state index contributed by atoms with van der Waals surface area (Å²) < 4.78 is 0. The van der Waals surface area contributed by atoms with Crippen LogP contribution in [-0.2, 0) is 0 Å². The van der Waals surface area contributed by atoms with E-state index >= 15 is 0 Å². The summed E-state index contributed by atoms with van der Waals surface area (Å²) >= 11 is 0. The third kappa shape index (κ3) is 2.33. The Morgan fingerprint density at radius 3 is 2.68 bits per heavy atom. The van der Waals surface area contributed by atoms with E-state index in [-0.39, 0.29) is 6.10 Å². The van der Waals surface area contributed by atoms with Crippen LogP contribution in [0.2, 0.25) is 0 Å². The second kappa shape index (κ2) is 5.01. The summed E-state index contributed by atoms with van der Waals surface area (Å²) in [6, 6.07) is 7.84. The lowest BCUT2D eigenvalue weighted by Crippen LogP contribution is -2.39. The third-order valence-corrected chi connectivity index (χ3v) is 3.48. The number of aliphatic hydroxyl groups is 1. The lowest BCUT2D eigenvalue weighted by molar-refractivity contribution is 0.154. The van der Waals surface area contributed by atoms with E-state index in [2.05, 4.69) is 15.2 Å². The first-order valence-electron chi connectivity index (χ1n) is 6.65. The van der Waals surface area contributed by atoms with Gasteiger partial charge >= 0.3 is 0 Å². The highest BCUT2D eigenvalue weighted by Gasteiger charge is 2.22. The van der Waals surface area contributed by atoms with Gasteiger partial charge in [0.05, 0.1) is 17.1 Å². The number of hydrogen-bond donors (Lipinski definition) is 2. The van der Waals surface area contributed by atoms with Crippen molar-refractivity contribution in [3.8, 4) is 0 Å². The molecule has 3 rings (SSSR count). The molecule has 0 unspecified atom stereocenters.